The van der Waals surface area contributed by atoms with Gasteiger partial charge in [-0.2, -0.15) is 5.10 Å². The standard InChI is InChI=1S/C11H18ClN3O2S/c1-7-11(8(2)14-13-7)18(16,17)15-10-6-4-3-5-9(10)12/h9-10,15H,3-6H2,1-2H3,(H,13,14). The van der Waals surface area contributed by atoms with Crippen LogP contribution in [0.25, 0.3) is 0 Å². The number of nitrogens with one attached hydrogen (secondary N) is 2. The van der Waals surface area contributed by atoms with Crippen LogP contribution < -0.4 is 4.72 Å². The molecule has 1 saturated carbocycles. The second-order valence-corrected chi connectivity index (χ2v) is 7.00. The zero-order chi connectivity index (χ0) is 13.3. The average Bonchev–Trinajstić information content (AvgIpc) is 2.62. The zero-order valence-corrected chi connectivity index (χ0v) is 12.1. The lowest BCUT2D eigenvalue weighted by Crippen LogP contribution is -2.43. The highest BCUT2D eigenvalue weighted by atomic mass is 35.5. The van der Waals surface area contributed by atoms with E-state index in [2.05, 4.69) is 14.9 Å². The third-order valence-corrected chi connectivity index (χ3v) is 5.59. The summed E-state index contributed by atoms with van der Waals surface area (Å²) in [6.07, 6.45) is 3.73. The number of aromatic amines is 1. The molecule has 2 atom stereocenters. The van der Waals surface area contributed by atoms with E-state index in [1.807, 2.05) is 0 Å². The molecule has 1 aromatic heterocycles. The van der Waals surface area contributed by atoms with Crippen LogP contribution in [0.2, 0.25) is 0 Å². The number of hydrogen-bond acceptors (Lipinski definition) is 3. The Morgan fingerprint density at radius 1 is 1.33 bits per heavy atom. The number of sulfonamides is 1. The highest BCUT2D eigenvalue weighted by molar-refractivity contribution is 7.89. The Kier molecular flexibility index (Phi) is 3.99. The summed E-state index contributed by atoms with van der Waals surface area (Å²) in [5.41, 5.74) is 1.05. The van der Waals surface area contributed by atoms with Gasteiger partial charge in [-0.25, -0.2) is 13.1 Å². The molecule has 7 heteroatoms. The van der Waals surface area contributed by atoms with E-state index in [1.54, 1.807) is 13.8 Å². The molecular weight excluding hydrogens is 274 g/mol. The quantitative estimate of drug-likeness (QED) is 0.835. The highest BCUT2D eigenvalue weighted by Crippen LogP contribution is 2.25. The van der Waals surface area contributed by atoms with Crippen molar-refractivity contribution in [3.63, 3.8) is 0 Å². The van der Waals surface area contributed by atoms with E-state index in [4.69, 9.17) is 11.6 Å². The molecule has 1 aliphatic rings. The van der Waals surface area contributed by atoms with Crippen molar-refractivity contribution in [2.24, 2.45) is 0 Å². The largest absolute Gasteiger partial charge is 0.281 e. The maximum Gasteiger partial charge on any atom is 0.244 e. The third kappa shape index (κ3) is 2.70. The number of aryl methyl sites for hydroxylation is 2. The lowest BCUT2D eigenvalue weighted by molar-refractivity contribution is 0.418. The van der Waals surface area contributed by atoms with Crippen LogP contribution in [-0.2, 0) is 10.0 Å². The van der Waals surface area contributed by atoms with Gasteiger partial charge < -0.3 is 0 Å². The van der Waals surface area contributed by atoms with Crippen molar-refractivity contribution < 1.29 is 8.42 Å². The fourth-order valence-electron chi connectivity index (χ4n) is 2.41. The molecule has 0 aliphatic heterocycles. The summed E-state index contributed by atoms with van der Waals surface area (Å²) < 4.78 is 27.3. The number of nitrogens with zero attached hydrogens (tertiary/aromatic N) is 1. The molecule has 0 saturated heterocycles. The maximum atomic E-state index is 12.3. The monoisotopic (exact) mass is 291 g/mol. The van der Waals surface area contributed by atoms with Gasteiger partial charge >= 0.3 is 0 Å². The summed E-state index contributed by atoms with van der Waals surface area (Å²) in [6, 6.07) is -0.181. The number of hydrogen-bond donors (Lipinski definition) is 2. The fourth-order valence-corrected chi connectivity index (χ4v) is 4.51. The fraction of sp³-hybridized carbons (Fsp3) is 0.727. The predicted molar refractivity (Wildman–Crippen MR) is 70.3 cm³/mol. The van der Waals surface area contributed by atoms with Crippen molar-refractivity contribution in [3.8, 4) is 0 Å². The molecule has 1 fully saturated rings. The van der Waals surface area contributed by atoms with Crippen LogP contribution >= 0.6 is 11.6 Å². The molecule has 0 aromatic carbocycles. The molecule has 0 amide bonds. The van der Waals surface area contributed by atoms with Gasteiger partial charge in [0, 0.05) is 11.4 Å². The lowest BCUT2D eigenvalue weighted by atomic mass is 9.96. The molecule has 18 heavy (non-hydrogen) atoms. The average molecular weight is 292 g/mol. The third-order valence-electron chi connectivity index (χ3n) is 3.32. The van der Waals surface area contributed by atoms with E-state index in [0.29, 0.717) is 11.4 Å². The maximum absolute atomic E-state index is 12.3. The van der Waals surface area contributed by atoms with Crippen molar-refractivity contribution >= 4 is 21.6 Å². The van der Waals surface area contributed by atoms with E-state index in [0.717, 1.165) is 25.7 Å². The van der Waals surface area contributed by atoms with Crippen LogP contribution in [0.1, 0.15) is 37.1 Å². The number of aromatic nitrogens is 2. The number of halogens is 1. The summed E-state index contributed by atoms with van der Waals surface area (Å²) in [4.78, 5) is 0.247. The second kappa shape index (κ2) is 5.19. The van der Waals surface area contributed by atoms with Crippen molar-refractivity contribution in [2.75, 3.05) is 0 Å². The van der Waals surface area contributed by atoms with Gasteiger partial charge in [0.05, 0.1) is 11.4 Å². The Bertz CT molecular complexity index is 507. The Hall–Kier alpha value is -0.590. The van der Waals surface area contributed by atoms with Crippen molar-refractivity contribution in [3.05, 3.63) is 11.4 Å². The van der Waals surface area contributed by atoms with Gasteiger partial charge in [-0.3, -0.25) is 5.10 Å². The van der Waals surface area contributed by atoms with E-state index in [-0.39, 0.29) is 16.3 Å². The molecular formula is C11H18ClN3O2S. The first-order valence-electron chi connectivity index (χ1n) is 6.10. The molecule has 0 spiro atoms. The molecule has 0 bridgehead atoms. The smallest absolute Gasteiger partial charge is 0.244 e. The number of rotatable bonds is 3. The van der Waals surface area contributed by atoms with Crippen molar-refractivity contribution in [1.29, 1.82) is 0 Å². The molecule has 5 nitrogen and oxygen atoms in total. The number of alkyl halides is 1. The Balaban J connectivity index is 2.22. The van der Waals surface area contributed by atoms with Crippen LogP contribution in [0, 0.1) is 13.8 Å². The van der Waals surface area contributed by atoms with Gasteiger partial charge in [0.25, 0.3) is 0 Å². The van der Waals surface area contributed by atoms with Gasteiger partial charge in [0.1, 0.15) is 4.90 Å². The minimum Gasteiger partial charge on any atom is -0.281 e. The Morgan fingerprint density at radius 3 is 2.56 bits per heavy atom. The molecule has 2 unspecified atom stereocenters. The first-order chi connectivity index (χ1) is 8.42. The molecule has 2 N–H and O–H groups in total. The van der Waals surface area contributed by atoms with Crippen LogP contribution in [0.4, 0.5) is 0 Å². The normalized spacial score (nSPS) is 25.3. The minimum absolute atomic E-state index is 0.124. The second-order valence-electron chi connectivity index (χ2n) is 4.79. The SMILES string of the molecule is Cc1n[nH]c(C)c1S(=O)(=O)NC1CCCCC1Cl. The summed E-state index contributed by atoms with van der Waals surface area (Å²) in [6.45, 7) is 3.38. The van der Waals surface area contributed by atoms with Gasteiger partial charge in [-0.15, -0.1) is 11.6 Å². The van der Waals surface area contributed by atoms with E-state index in [1.165, 1.54) is 0 Å². The lowest BCUT2D eigenvalue weighted by Gasteiger charge is -2.27. The van der Waals surface area contributed by atoms with Gasteiger partial charge in [-0.1, -0.05) is 12.8 Å². The molecule has 2 rings (SSSR count). The predicted octanol–water partition coefficient (Wildman–Crippen LogP) is 1.85. The first-order valence-corrected chi connectivity index (χ1v) is 8.02. The molecule has 1 aliphatic carbocycles. The van der Waals surface area contributed by atoms with Crippen LogP contribution in [0.5, 0.6) is 0 Å². The van der Waals surface area contributed by atoms with E-state index < -0.39 is 10.0 Å². The summed E-state index contributed by atoms with van der Waals surface area (Å²) >= 11 is 6.18. The van der Waals surface area contributed by atoms with Gasteiger partial charge in [0.15, 0.2) is 0 Å². The summed E-state index contributed by atoms with van der Waals surface area (Å²) in [5.74, 6) is 0. The van der Waals surface area contributed by atoms with Crippen LogP contribution in [0.15, 0.2) is 4.90 Å². The van der Waals surface area contributed by atoms with Gasteiger partial charge in [0.2, 0.25) is 10.0 Å². The zero-order valence-electron chi connectivity index (χ0n) is 10.5. The van der Waals surface area contributed by atoms with Crippen LogP contribution in [0.3, 0.4) is 0 Å². The molecule has 102 valence electrons. The van der Waals surface area contributed by atoms with Crippen LogP contribution in [-0.4, -0.2) is 30.0 Å². The molecule has 1 heterocycles. The Labute approximate surface area is 112 Å². The topological polar surface area (TPSA) is 74.8 Å². The first kappa shape index (κ1) is 13.8. The van der Waals surface area contributed by atoms with Crippen molar-refractivity contribution in [2.45, 2.75) is 55.8 Å². The highest BCUT2D eigenvalue weighted by Gasteiger charge is 2.30. The van der Waals surface area contributed by atoms with E-state index in [9.17, 15) is 8.42 Å². The molecule has 1 aromatic rings. The summed E-state index contributed by atoms with van der Waals surface area (Å²) in [5, 5.41) is 6.48. The minimum atomic E-state index is -3.54. The summed E-state index contributed by atoms with van der Waals surface area (Å²) in [7, 11) is -3.54. The van der Waals surface area contributed by atoms with Gasteiger partial charge in [-0.05, 0) is 26.7 Å². The molecule has 0 radical (unpaired) electrons. The number of H-pyrrole nitrogens is 1. The van der Waals surface area contributed by atoms with Crippen molar-refractivity contribution in [1.82, 2.24) is 14.9 Å². The Morgan fingerprint density at radius 2 is 2.00 bits per heavy atom. The van der Waals surface area contributed by atoms with E-state index >= 15 is 0 Å².